The average molecular weight is 392 g/mol. The van der Waals surface area contributed by atoms with Crippen molar-refractivity contribution in [3.8, 4) is 0 Å². The fraction of sp³-hybridized carbons (Fsp3) is 0.300. The number of hydrogen-bond donors (Lipinski definition) is 1. The van der Waals surface area contributed by atoms with Gasteiger partial charge in [0.15, 0.2) is 6.10 Å². The summed E-state index contributed by atoms with van der Waals surface area (Å²) in [5, 5.41) is 3.36. The van der Waals surface area contributed by atoms with Gasteiger partial charge < -0.3 is 10.1 Å². The number of halogens is 2. The highest BCUT2D eigenvalue weighted by Gasteiger charge is 2.26. The maximum atomic E-state index is 12.5. The molecular formula is C20H19Cl2NO3. The molecule has 136 valence electrons. The number of fused-ring (bicyclic) bond motifs is 1. The lowest BCUT2D eigenvalue weighted by Crippen LogP contribution is -2.39. The van der Waals surface area contributed by atoms with Crippen LogP contribution < -0.4 is 5.32 Å². The SMILES string of the molecule is C[C@H](OC(=O)c1c(Cl)cccc1Cl)C(=O)N[C@H]1CCCc2ccccc21. The van der Waals surface area contributed by atoms with Crippen molar-refractivity contribution in [3.63, 3.8) is 0 Å². The number of ether oxygens (including phenoxy) is 1. The maximum absolute atomic E-state index is 12.5. The zero-order chi connectivity index (χ0) is 18.7. The van der Waals surface area contributed by atoms with Crippen LogP contribution in [0.3, 0.4) is 0 Å². The van der Waals surface area contributed by atoms with E-state index in [9.17, 15) is 9.59 Å². The highest BCUT2D eigenvalue weighted by molar-refractivity contribution is 6.39. The second kappa shape index (κ2) is 8.11. The number of hydrogen-bond acceptors (Lipinski definition) is 3. The van der Waals surface area contributed by atoms with E-state index >= 15 is 0 Å². The largest absolute Gasteiger partial charge is 0.449 e. The van der Waals surface area contributed by atoms with Gasteiger partial charge in [0, 0.05) is 0 Å². The summed E-state index contributed by atoms with van der Waals surface area (Å²) in [5.41, 5.74) is 2.44. The van der Waals surface area contributed by atoms with Crippen LogP contribution in [0, 0.1) is 0 Å². The Morgan fingerprint density at radius 1 is 1.12 bits per heavy atom. The van der Waals surface area contributed by atoms with Crippen molar-refractivity contribution in [2.75, 3.05) is 0 Å². The Labute approximate surface area is 162 Å². The van der Waals surface area contributed by atoms with Crippen molar-refractivity contribution >= 4 is 35.1 Å². The van der Waals surface area contributed by atoms with Gasteiger partial charge in [-0.05, 0) is 49.4 Å². The van der Waals surface area contributed by atoms with Crippen LogP contribution in [0.25, 0.3) is 0 Å². The number of benzene rings is 2. The first-order valence-corrected chi connectivity index (χ1v) is 9.26. The second-order valence-corrected chi connectivity index (χ2v) is 7.11. The van der Waals surface area contributed by atoms with Gasteiger partial charge in [0.25, 0.3) is 5.91 Å². The van der Waals surface area contributed by atoms with E-state index in [1.54, 1.807) is 18.2 Å². The minimum Gasteiger partial charge on any atom is -0.449 e. The Kier molecular flexibility index (Phi) is 5.84. The fourth-order valence-corrected chi connectivity index (χ4v) is 3.71. The molecule has 0 aliphatic heterocycles. The van der Waals surface area contributed by atoms with Crippen molar-refractivity contribution in [1.82, 2.24) is 5.32 Å². The Morgan fingerprint density at radius 2 is 1.81 bits per heavy atom. The number of aryl methyl sites for hydroxylation is 1. The molecule has 1 N–H and O–H groups in total. The first-order valence-electron chi connectivity index (χ1n) is 8.50. The molecule has 4 nitrogen and oxygen atoms in total. The average Bonchev–Trinajstić information content (AvgIpc) is 2.61. The van der Waals surface area contributed by atoms with E-state index in [1.165, 1.54) is 12.5 Å². The van der Waals surface area contributed by atoms with Crippen LogP contribution in [0.4, 0.5) is 0 Å². The predicted octanol–water partition coefficient (Wildman–Crippen LogP) is 4.73. The quantitative estimate of drug-likeness (QED) is 0.766. The van der Waals surface area contributed by atoms with E-state index < -0.39 is 12.1 Å². The molecule has 1 aliphatic rings. The molecule has 0 unspecified atom stereocenters. The predicted molar refractivity (Wildman–Crippen MR) is 102 cm³/mol. The number of amides is 1. The van der Waals surface area contributed by atoms with Crippen LogP contribution in [0.2, 0.25) is 10.0 Å². The zero-order valence-electron chi connectivity index (χ0n) is 14.3. The Balaban J connectivity index is 1.67. The minimum atomic E-state index is -0.955. The molecule has 0 aromatic heterocycles. The molecule has 2 atom stereocenters. The molecule has 26 heavy (non-hydrogen) atoms. The third-order valence-electron chi connectivity index (χ3n) is 4.51. The van der Waals surface area contributed by atoms with Crippen LogP contribution in [0.5, 0.6) is 0 Å². The van der Waals surface area contributed by atoms with Gasteiger partial charge in [-0.1, -0.05) is 53.5 Å². The van der Waals surface area contributed by atoms with Crippen molar-refractivity contribution in [1.29, 1.82) is 0 Å². The number of rotatable bonds is 4. The van der Waals surface area contributed by atoms with Crippen molar-refractivity contribution in [3.05, 3.63) is 69.2 Å². The van der Waals surface area contributed by atoms with Crippen molar-refractivity contribution < 1.29 is 14.3 Å². The molecule has 0 saturated heterocycles. The molecule has 0 radical (unpaired) electrons. The molecular weight excluding hydrogens is 373 g/mol. The Morgan fingerprint density at radius 3 is 2.54 bits per heavy atom. The van der Waals surface area contributed by atoms with Crippen molar-refractivity contribution in [2.24, 2.45) is 0 Å². The van der Waals surface area contributed by atoms with Gasteiger partial charge in [-0.2, -0.15) is 0 Å². The van der Waals surface area contributed by atoms with Crippen LogP contribution in [0.1, 0.15) is 47.3 Å². The van der Waals surface area contributed by atoms with Gasteiger partial charge in [0.1, 0.15) is 0 Å². The summed E-state index contributed by atoms with van der Waals surface area (Å²) in [6, 6.07) is 12.7. The van der Waals surface area contributed by atoms with Gasteiger partial charge >= 0.3 is 5.97 Å². The highest BCUT2D eigenvalue weighted by atomic mass is 35.5. The summed E-state index contributed by atoms with van der Waals surface area (Å²) in [7, 11) is 0. The Bertz CT molecular complexity index is 817. The molecule has 0 bridgehead atoms. The molecule has 1 amide bonds. The molecule has 1 aliphatic carbocycles. The highest BCUT2D eigenvalue weighted by Crippen LogP contribution is 2.30. The van der Waals surface area contributed by atoms with Gasteiger partial charge in [0.05, 0.1) is 21.7 Å². The first kappa shape index (κ1) is 18.7. The lowest BCUT2D eigenvalue weighted by molar-refractivity contribution is -0.130. The van der Waals surface area contributed by atoms with Crippen LogP contribution in [-0.4, -0.2) is 18.0 Å². The molecule has 0 fully saturated rings. The smallest absolute Gasteiger partial charge is 0.341 e. The standard InChI is InChI=1S/C20H19Cl2NO3/c1-12(26-20(25)18-15(21)9-5-10-16(18)22)19(24)23-17-11-4-7-13-6-2-3-8-14(13)17/h2-3,5-6,8-10,12,17H,4,7,11H2,1H3,(H,23,24)/t12-,17-/m0/s1. The Hall–Kier alpha value is -2.04. The van der Waals surface area contributed by atoms with Crippen LogP contribution >= 0.6 is 23.2 Å². The molecule has 0 spiro atoms. The lowest BCUT2D eigenvalue weighted by atomic mass is 9.87. The van der Waals surface area contributed by atoms with E-state index in [4.69, 9.17) is 27.9 Å². The van der Waals surface area contributed by atoms with Crippen LogP contribution in [-0.2, 0) is 16.0 Å². The lowest BCUT2D eigenvalue weighted by Gasteiger charge is -2.27. The van der Waals surface area contributed by atoms with E-state index in [0.717, 1.165) is 24.8 Å². The third-order valence-corrected chi connectivity index (χ3v) is 5.14. The minimum absolute atomic E-state index is 0.0681. The maximum Gasteiger partial charge on any atom is 0.341 e. The second-order valence-electron chi connectivity index (χ2n) is 6.30. The monoisotopic (exact) mass is 391 g/mol. The zero-order valence-corrected chi connectivity index (χ0v) is 15.8. The number of carbonyl (C=O) groups is 2. The fourth-order valence-electron chi connectivity index (χ4n) is 3.16. The molecule has 2 aromatic rings. The summed E-state index contributed by atoms with van der Waals surface area (Å²) >= 11 is 12.0. The topological polar surface area (TPSA) is 55.4 Å². The van der Waals surface area contributed by atoms with Gasteiger partial charge in [0.2, 0.25) is 0 Å². The van der Waals surface area contributed by atoms with E-state index in [-0.39, 0.29) is 27.6 Å². The molecule has 0 heterocycles. The normalized spacial score (nSPS) is 17.1. The van der Waals surface area contributed by atoms with Crippen LogP contribution in [0.15, 0.2) is 42.5 Å². The first-order chi connectivity index (χ1) is 12.5. The van der Waals surface area contributed by atoms with E-state index in [1.807, 2.05) is 18.2 Å². The van der Waals surface area contributed by atoms with Gasteiger partial charge in [-0.25, -0.2) is 4.79 Å². The number of esters is 1. The van der Waals surface area contributed by atoms with Gasteiger partial charge in [-0.3, -0.25) is 4.79 Å². The molecule has 6 heteroatoms. The molecule has 0 saturated carbocycles. The summed E-state index contributed by atoms with van der Waals surface area (Å²) < 4.78 is 5.27. The van der Waals surface area contributed by atoms with E-state index in [2.05, 4.69) is 11.4 Å². The van der Waals surface area contributed by atoms with E-state index in [0.29, 0.717) is 0 Å². The number of carbonyl (C=O) groups excluding carboxylic acids is 2. The number of nitrogens with one attached hydrogen (secondary N) is 1. The summed E-state index contributed by atoms with van der Waals surface area (Å²) in [6.07, 6.45) is 1.92. The molecule has 3 rings (SSSR count). The van der Waals surface area contributed by atoms with Crippen molar-refractivity contribution in [2.45, 2.75) is 38.3 Å². The third kappa shape index (κ3) is 4.02. The molecule has 2 aromatic carbocycles. The van der Waals surface area contributed by atoms with Gasteiger partial charge in [-0.15, -0.1) is 0 Å². The summed E-state index contributed by atoms with van der Waals surface area (Å²) in [4.78, 5) is 24.8. The summed E-state index contributed by atoms with van der Waals surface area (Å²) in [5.74, 6) is -1.06. The summed E-state index contributed by atoms with van der Waals surface area (Å²) in [6.45, 7) is 1.53.